The second-order valence-electron chi connectivity index (χ2n) is 11.6. The number of benzene rings is 1. The fraction of sp³-hybridized carbons (Fsp3) is 0.484. The molecule has 0 N–H and O–H groups in total. The zero-order valence-corrected chi connectivity index (χ0v) is 24.8. The second-order valence-corrected chi connectivity index (χ2v) is 11.6. The van der Waals surface area contributed by atoms with Gasteiger partial charge in [0.2, 0.25) is 0 Å². The molecule has 3 aromatic rings. The topological polar surface area (TPSA) is 99.1 Å². The molecule has 3 heterocycles. The fourth-order valence-corrected chi connectivity index (χ4v) is 5.28. The zero-order chi connectivity index (χ0) is 29.9. The molecule has 2 aliphatic rings. The van der Waals surface area contributed by atoms with E-state index in [0.29, 0.717) is 46.2 Å². The van der Waals surface area contributed by atoms with E-state index >= 15 is 4.39 Å². The van der Waals surface area contributed by atoms with E-state index in [-0.39, 0.29) is 25.0 Å². The quantitative estimate of drug-likeness (QED) is 0.296. The van der Waals surface area contributed by atoms with E-state index in [9.17, 15) is 4.79 Å². The van der Waals surface area contributed by atoms with Crippen LogP contribution < -0.4 is 14.4 Å². The highest BCUT2D eigenvalue weighted by Gasteiger charge is 2.40. The summed E-state index contributed by atoms with van der Waals surface area (Å²) in [5.41, 5.74) is 1.22. The van der Waals surface area contributed by atoms with E-state index in [1.165, 1.54) is 20.3 Å². The minimum absolute atomic E-state index is 0.0236. The molecule has 1 atom stereocenters. The number of hydrogen-bond acceptors (Lipinski definition) is 9. The summed E-state index contributed by atoms with van der Waals surface area (Å²) in [4.78, 5) is 21.3. The standard InChI is InChI=1S/C31H38FN5O5/c1-31(2,3)42-30(38)37(21-7-6-8-21)22-11-12-36(18-22)29-10-9-27(34-35-29)25-14-26(32)24(15-28(25)41-19-39-4)20-13-23(40-5)17-33-16-20/h9-10,13-17,21-22H,6-8,11-12,18-19H2,1-5H3/t22-/m1/s1. The third-order valence-corrected chi connectivity index (χ3v) is 7.54. The third-order valence-electron chi connectivity index (χ3n) is 7.54. The van der Waals surface area contributed by atoms with Crippen molar-refractivity contribution >= 4 is 11.9 Å². The lowest BCUT2D eigenvalue weighted by atomic mass is 9.90. The van der Waals surface area contributed by atoms with Gasteiger partial charge in [0.25, 0.3) is 0 Å². The van der Waals surface area contributed by atoms with Crippen molar-refractivity contribution in [2.24, 2.45) is 0 Å². The van der Waals surface area contributed by atoms with Crippen molar-refractivity contribution in [2.45, 2.75) is 64.1 Å². The first-order valence-electron chi connectivity index (χ1n) is 14.2. The molecule has 0 radical (unpaired) electrons. The molecule has 2 aromatic heterocycles. The van der Waals surface area contributed by atoms with Gasteiger partial charge in [-0.1, -0.05) is 0 Å². The van der Waals surface area contributed by atoms with Crippen LogP contribution in [0.3, 0.4) is 0 Å². The van der Waals surface area contributed by atoms with E-state index in [2.05, 4.69) is 20.1 Å². The van der Waals surface area contributed by atoms with Gasteiger partial charge >= 0.3 is 6.09 Å². The highest BCUT2D eigenvalue weighted by Crippen LogP contribution is 2.37. The molecule has 1 aliphatic heterocycles. The number of carbonyl (C=O) groups excluding carboxylic acids is 1. The van der Waals surface area contributed by atoms with Gasteiger partial charge in [0.1, 0.15) is 22.9 Å². The van der Waals surface area contributed by atoms with Crippen molar-refractivity contribution in [2.75, 3.05) is 39.0 Å². The number of hydrogen-bond donors (Lipinski definition) is 0. The van der Waals surface area contributed by atoms with Crippen LogP contribution in [0.25, 0.3) is 22.4 Å². The number of halogens is 1. The maximum absolute atomic E-state index is 15.4. The number of ether oxygens (including phenoxy) is 4. The Bertz CT molecular complexity index is 1390. The van der Waals surface area contributed by atoms with Gasteiger partial charge in [0.05, 0.1) is 25.0 Å². The summed E-state index contributed by atoms with van der Waals surface area (Å²) >= 11 is 0. The molecular weight excluding hydrogens is 541 g/mol. The average Bonchev–Trinajstić information content (AvgIpc) is 3.43. The maximum atomic E-state index is 15.4. The second kappa shape index (κ2) is 12.5. The zero-order valence-electron chi connectivity index (χ0n) is 24.8. The predicted molar refractivity (Wildman–Crippen MR) is 156 cm³/mol. The van der Waals surface area contributed by atoms with E-state index in [1.54, 1.807) is 30.6 Å². The Morgan fingerprint density at radius 3 is 2.50 bits per heavy atom. The molecule has 0 unspecified atom stereocenters. The molecule has 11 heteroatoms. The molecule has 42 heavy (non-hydrogen) atoms. The number of methoxy groups -OCH3 is 2. The van der Waals surface area contributed by atoms with Crippen molar-refractivity contribution in [1.29, 1.82) is 0 Å². The molecule has 10 nitrogen and oxygen atoms in total. The molecule has 224 valence electrons. The van der Waals surface area contributed by atoms with Gasteiger partial charge < -0.3 is 28.7 Å². The summed E-state index contributed by atoms with van der Waals surface area (Å²) in [7, 11) is 3.05. The molecule has 1 saturated carbocycles. The molecule has 2 fully saturated rings. The van der Waals surface area contributed by atoms with Crippen LogP contribution in [0.1, 0.15) is 46.5 Å². The smallest absolute Gasteiger partial charge is 0.410 e. The highest BCUT2D eigenvalue weighted by molar-refractivity contribution is 5.75. The van der Waals surface area contributed by atoms with Gasteiger partial charge in [-0.15, -0.1) is 10.2 Å². The monoisotopic (exact) mass is 579 g/mol. The third kappa shape index (κ3) is 6.56. The van der Waals surface area contributed by atoms with Gasteiger partial charge in [0.15, 0.2) is 12.6 Å². The normalized spacial score (nSPS) is 17.1. The first-order valence-corrected chi connectivity index (χ1v) is 14.2. The predicted octanol–water partition coefficient (Wildman–Crippen LogP) is 5.70. The number of anilines is 1. The lowest BCUT2D eigenvalue weighted by Gasteiger charge is -2.41. The van der Waals surface area contributed by atoms with Crippen LogP contribution in [0.4, 0.5) is 15.0 Å². The summed E-state index contributed by atoms with van der Waals surface area (Å²) in [6.45, 7) is 7.04. The molecule has 0 spiro atoms. The minimum Gasteiger partial charge on any atom is -0.495 e. The van der Waals surface area contributed by atoms with Crippen LogP contribution >= 0.6 is 0 Å². The first-order chi connectivity index (χ1) is 20.2. The first kappa shape index (κ1) is 29.5. The number of carbonyl (C=O) groups is 1. The van der Waals surface area contributed by atoms with Crippen molar-refractivity contribution in [3.8, 4) is 33.9 Å². The average molecular weight is 580 g/mol. The fourth-order valence-electron chi connectivity index (χ4n) is 5.28. The van der Waals surface area contributed by atoms with Crippen molar-refractivity contribution in [3.63, 3.8) is 0 Å². The van der Waals surface area contributed by atoms with Crippen molar-refractivity contribution in [1.82, 2.24) is 20.1 Å². The number of aromatic nitrogens is 3. The Balaban J connectivity index is 1.36. The lowest BCUT2D eigenvalue weighted by Crippen LogP contribution is -2.52. The summed E-state index contributed by atoms with van der Waals surface area (Å²) in [6, 6.07) is 8.61. The Morgan fingerprint density at radius 2 is 1.86 bits per heavy atom. The lowest BCUT2D eigenvalue weighted by molar-refractivity contribution is -0.00351. The van der Waals surface area contributed by atoms with Crippen LogP contribution in [0.15, 0.2) is 42.7 Å². The Morgan fingerprint density at radius 1 is 1.05 bits per heavy atom. The van der Waals surface area contributed by atoms with Gasteiger partial charge in [-0.05, 0) is 76.8 Å². The van der Waals surface area contributed by atoms with Crippen LogP contribution in [0, 0.1) is 5.82 Å². The Labute approximate surface area is 245 Å². The van der Waals surface area contributed by atoms with Gasteiger partial charge in [-0.3, -0.25) is 4.98 Å². The molecule has 1 saturated heterocycles. The highest BCUT2D eigenvalue weighted by atomic mass is 19.1. The van der Waals surface area contributed by atoms with Crippen LogP contribution in [-0.2, 0) is 9.47 Å². The van der Waals surface area contributed by atoms with Gasteiger partial charge in [-0.25, -0.2) is 9.18 Å². The van der Waals surface area contributed by atoms with Crippen LogP contribution in [0.5, 0.6) is 11.5 Å². The molecule has 1 amide bonds. The van der Waals surface area contributed by atoms with Gasteiger partial charge in [0, 0.05) is 49.1 Å². The SMILES string of the molecule is COCOc1cc(-c2cncc(OC)c2)c(F)cc1-c1ccc(N2CC[C@@H](N(C(=O)OC(C)(C)C)C3CCC3)C2)nn1. The number of rotatable bonds is 9. The summed E-state index contributed by atoms with van der Waals surface area (Å²) < 4.78 is 37.3. The van der Waals surface area contributed by atoms with E-state index in [4.69, 9.17) is 18.9 Å². The van der Waals surface area contributed by atoms with E-state index in [1.807, 2.05) is 31.7 Å². The van der Waals surface area contributed by atoms with E-state index < -0.39 is 11.4 Å². The van der Waals surface area contributed by atoms with Crippen LogP contribution in [0.2, 0.25) is 0 Å². The summed E-state index contributed by atoms with van der Waals surface area (Å²) in [6.07, 6.45) is 6.82. The molecule has 5 rings (SSSR count). The molecule has 1 aromatic carbocycles. The maximum Gasteiger partial charge on any atom is 0.410 e. The van der Waals surface area contributed by atoms with Crippen LogP contribution in [-0.4, -0.2) is 78.0 Å². The Hall–Kier alpha value is -3.99. The summed E-state index contributed by atoms with van der Waals surface area (Å²) in [5.74, 6) is 1.14. The Kier molecular flexibility index (Phi) is 8.77. The number of amides is 1. The molecule has 0 bridgehead atoms. The van der Waals surface area contributed by atoms with Crippen molar-refractivity contribution < 1.29 is 28.1 Å². The molecule has 1 aliphatic carbocycles. The molecular formula is C31H38FN5O5. The van der Waals surface area contributed by atoms with Crippen molar-refractivity contribution in [3.05, 3.63) is 48.5 Å². The number of nitrogens with zero attached hydrogens (tertiary/aromatic N) is 5. The van der Waals surface area contributed by atoms with Gasteiger partial charge in [-0.2, -0.15) is 0 Å². The minimum atomic E-state index is -0.549. The largest absolute Gasteiger partial charge is 0.495 e. The number of pyridine rings is 1. The van der Waals surface area contributed by atoms with E-state index in [0.717, 1.165) is 32.2 Å². The summed E-state index contributed by atoms with van der Waals surface area (Å²) in [5, 5.41) is 8.91.